The maximum absolute atomic E-state index is 12.0. The quantitative estimate of drug-likeness (QED) is 0.731. The maximum atomic E-state index is 12.0. The fraction of sp³-hybridized carbons (Fsp3) is 0.909. The van der Waals surface area contributed by atoms with Crippen molar-refractivity contribution in [3.63, 3.8) is 0 Å². The normalized spacial score (nSPS) is 39.6. The number of aliphatic hydroxyl groups is 1. The zero-order valence-corrected chi connectivity index (χ0v) is 10.3. The van der Waals surface area contributed by atoms with E-state index in [1.165, 1.54) is 7.11 Å². The standard InChI is InChI=1S/C11H18O4S/c1-14-9(12)10(3-2-5-15-7-10)11(13)4-6-16-8-11/h13H,2-8H2,1H3. The first-order valence-electron chi connectivity index (χ1n) is 5.61. The molecular formula is C11H18O4S. The van der Waals surface area contributed by atoms with Gasteiger partial charge in [-0.15, -0.1) is 0 Å². The van der Waals surface area contributed by atoms with Crippen LogP contribution >= 0.6 is 11.8 Å². The van der Waals surface area contributed by atoms with Crippen molar-refractivity contribution >= 4 is 17.7 Å². The predicted molar refractivity (Wildman–Crippen MR) is 61.4 cm³/mol. The van der Waals surface area contributed by atoms with E-state index in [0.29, 0.717) is 25.2 Å². The second-order valence-electron chi connectivity index (χ2n) is 4.56. The molecule has 2 fully saturated rings. The highest BCUT2D eigenvalue weighted by Crippen LogP contribution is 2.47. The number of ether oxygens (including phenoxy) is 2. The molecule has 0 aromatic rings. The van der Waals surface area contributed by atoms with Crippen LogP contribution in [0.1, 0.15) is 19.3 Å². The zero-order chi connectivity index (χ0) is 11.6. The number of thioether (sulfide) groups is 1. The van der Waals surface area contributed by atoms with E-state index in [1.54, 1.807) is 11.8 Å². The van der Waals surface area contributed by atoms with E-state index in [2.05, 4.69) is 0 Å². The van der Waals surface area contributed by atoms with Gasteiger partial charge in [0.05, 0.1) is 19.3 Å². The van der Waals surface area contributed by atoms with Crippen LogP contribution in [-0.2, 0) is 14.3 Å². The van der Waals surface area contributed by atoms with Crippen molar-refractivity contribution in [2.24, 2.45) is 5.41 Å². The first-order valence-corrected chi connectivity index (χ1v) is 6.76. The van der Waals surface area contributed by atoms with Gasteiger partial charge in [-0.3, -0.25) is 4.79 Å². The van der Waals surface area contributed by atoms with Gasteiger partial charge in [0.25, 0.3) is 0 Å². The first-order chi connectivity index (χ1) is 7.65. The molecule has 2 atom stereocenters. The molecule has 4 nitrogen and oxygen atoms in total. The summed E-state index contributed by atoms with van der Waals surface area (Å²) in [5, 5.41) is 10.7. The molecule has 0 aliphatic carbocycles. The molecule has 2 heterocycles. The number of carbonyl (C=O) groups is 1. The van der Waals surface area contributed by atoms with E-state index in [-0.39, 0.29) is 12.6 Å². The molecule has 2 aliphatic heterocycles. The summed E-state index contributed by atoms with van der Waals surface area (Å²) < 4.78 is 10.3. The third-order valence-corrected chi connectivity index (χ3v) is 4.88. The summed E-state index contributed by atoms with van der Waals surface area (Å²) >= 11 is 1.69. The Hall–Kier alpha value is -0.260. The summed E-state index contributed by atoms with van der Waals surface area (Å²) in [5.74, 6) is 1.18. The number of rotatable bonds is 2. The minimum Gasteiger partial charge on any atom is -0.468 e. The molecular weight excluding hydrogens is 228 g/mol. The van der Waals surface area contributed by atoms with Crippen molar-refractivity contribution in [1.29, 1.82) is 0 Å². The van der Waals surface area contributed by atoms with Crippen molar-refractivity contribution in [2.45, 2.75) is 24.9 Å². The lowest BCUT2D eigenvalue weighted by atomic mass is 9.68. The molecule has 2 saturated heterocycles. The summed E-state index contributed by atoms with van der Waals surface area (Å²) in [4.78, 5) is 12.0. The summed E-state index contributed by atoms with van der Waals surface area (Å²) in [5.41, 5.74) is -1.80. The van der Waals surface area contributed by atoms with Gasteiger partial charge in [0.2, 0.25) is 0 Å². The van der Waals surface area contributed by atoms with E-state index in [9.17, 15) is 9.90 Å². The molecule has 1 N–H and O–H groups in total. The van der Waals surface area contributed by atoms with Gasteiger partial charge < -0.3 is 14.6 Å². The van der Waals surface area contributed by atoms with Crippen molar-refractivity contribution < 1.29 is 19.4 Å². The smallest absolute Gasteiger partial charge is 0.317 e. The van der Waals surface area contributed by atoms with Crippen molar-refractivity contribution in [3.05, 3.63) is 0 Å². The molecule has 16 heavy (non-hydrogen) atoms. The van der Waals surface area contributed by atoms with Crippen LogP contribution in [0.15, 0.2) is 0 Å². The van der Waals surface area contributed by atoms with Gasteiger partial charge in [0.15, 0.2) is 0 Å². The summed E-state index contributed by atoms with van der Waals surface area (Å²) in [6.07, 6.45) is 2.12. The highest BCUT2D eigenvalue weighted by atomic mass is 32.2. The van der Waals surface area contributed by atoms with E-state index in [4.69, 9.17) is 9.47 Å². The molecule has 0 amide bonds. The molecule has 92 valence electrons. The van der Waals surface area contributed by atoms with E-state index in [1.807, 2.05) is 0 Å². The second kappa shape index (κ2) is 4.55. The third-order valence-electron chi connectivity index (χ3n) is 3.71. The van der Waals surface area contributed by atoms with Crippen LogP contribution in [0.3, 0.4) is 0 Å². The van der Waals surface area contributed by atoms with Crippen LogP contribution < -0.4 is 0 Å². The lowest BCUT2D eigenvalue weighted by molar-refractivity contribution is -0.188. The predicted octanol–water partition coefficient (Wildman–Crippen LogP) is 0.824. The highest BCUT2D eigenvalue weighted by Gasteiger charge is 2.58. The number of methoxy groups -OCH3 is 1. The second-order valence-corrected chi connectivity index (χ2v) is 5.67. The van der Waals surface area contributed by atoms with Gasteiger partial charge in [-0.1, -0.05) is 0 Å². The van der Waals surface area contributed by atoms with Gasteiger partial charge >= 0.3 is 5.97 Å². The van der Waals surface area contributed by atoms with Crippen molar-refractivity contribution in [2.75, 3.05) is 31.8 Å². The lowest BCUT2D eigenvalue weighted by Crippen LogP contribution is -2.58. The molecule has 2 aliphatic rings. The molecule has 0 aromatic heterocycles. The van der Waals surface area contributed by atoms with Gasteiger partial charge in [-0.05, 0) is 25.0 Å². The van der Waals surface area contributed by atoms with Crippen LogP contribution in [0, 0.1) is 5.41 Å². The van der Waals surface area contributed by atoms with Crippen molar-refractivity contribution in [3.8, 4) is 0 Å². The van der Waals surface area contributed by atoms with Crippen LogP contribution in [0.5, 0.6) is 0 Å². The van der Waals surface area contributed by atoms with Gasteiger partial charge in [0, 0.05) is 12.4 Å². The van der Waals surface area contributed by atoms with Crippen LogP contribution in [-0.4, -0.2) is 48.5 Å². The van der Waals surface area contributed by atoms with Crippen LogP contribution in [0.25, 0.3) is 0 Å². The molecule has 2 unspecified atom stereocenters. The van der Waals surface area contributed by atoms with Gasteiger partial charge in [0.1, 0.15) is 5.41 Å². The fourth-order valence-corrected chi connectivity index (χ4v) is 4.02. The lowest BCUT2D eigenvalue weighted by Gasteiger charge is -2.44. The minimum absolute atomic E-state index is 0.288. The van der Waals surface area contributed by atoms with Gasteiger partial charge in [-0.25, -0.2) is 0 Å². The molecule has 5 heteroatoms. The maximum Gasteiger partial charge on any atom is 0.317 e. The number of esters is 1. The van der Waals surface area contributed by atoms with Crippen LogP contribution in [0.4, 0.5) is 0 Å². The van der Waals surface area contributed by atoms with Crippen LogP contribution in [0.2, 0.25) is 0 Å². The SMILES string of the molecule is COC(=O)C1(C2(O)CCSC2)CCCOC1. The Morgan fingerprint density at radius 1 is 1.50 bits per heavy atom. The van der Waals surface area contributed by atoms with E-state index >= 15 is 0 Å². The molecule has 0 bridgehead atoms. The Kier molecular flexibility index (Phi) is 3.47. The zero-order valence-electron chi connectivity index (χ0n) is 9.53. The average molecular weight is 246 g/mol. The molecule has 0 spiro atoms. The monoisotopic (exact) mass is 246 g/mol. The molecule has 2 rings (SSSR count). The minimum atomic E-state index is -0.953. The highest BCUT2D eigenvalue weighted by molar-refractivity contribution is 7.99. The number of hydrogen-bond acceptors (Lipinski definition) is 5. The molecule has 0 saturated carbocycles. The Labute approximate surface area is 99.7 Å². The average Bonchev–Trinajstić information content (AvgIpc) is 2.77. The number of carbonyl (C=O) groups excluding carboxylic acids is 1. The van der Waals surface area contributed by atoms with Crippen molar-refractivity contribution in [1.82, 2.24) is 0 Å². The molecule has 0 radical (unpaired) electrons. The summed E-state index contributed by atoms with van der Waals surface area (Å²) in [6, 6.07) is 0. The summed E-state index contributed by atoms with van der Waals surface area (Å²) in [7, 11) is 1.38. The van der Waals surface area contributed by atoms with E-state index in [0.717, 1.165) is 12.2 Å². The Morgan fingerprint density at radius 3 is 2.81 bits per heavy atom. The third kappa shape index (κ3) is 1.75. The summed E-state index contributed by atoms with van der Waals surface area (Å²) in [6.45, 7) is 0.957. The number of hydrogen-bond donors (Lipinski definition) is 1. The largest absolute Gasteiger partial charge is 0.468 e. The Morgan fingerprint density at radius 2 is 2.31 bits per heavy atom. The molecule has 0 aromatic carbocycles. The first kappa shape index (κ1) is 12.2. The topological polar surface area (TPSA) is 55.8 Å². The fourth-order valence-electron chi connectivity index (χ4n) is 2.64. The van der Waals surface area contributed by atoms with Gasteiger partial charge in [-0.2, -0.15) is 11.8 Å². The Bertz CT molecular complexity index is 267. The Balaban J connectivity index is 2.28. The van der Waals surface area contributed by atoms with E-state index < -0.39 is 11.0 Å².